The fourth-order valence-corrected chi connectivity index (χ4v) is 0.843. The monoisotopic (exact) mass is 202 g/mol. The van der Waals surface area contributed by atoms with E-state index in [0.29, 0.717) is 6.61 Å². The molecule has 0 aromatic rings. The van der Waals surface area contributed by atoms with E-state index in [1.807, 2.05) is 0 Å². The standard InChI is InChI=1S/C10H20NO3/c1-5-10(12)14-13-9-7-8-11(3,4)6-2/h5H,1,6-9H2,2-4H3/q+1. The van der Waals surface area contributed by atoms with Gasteiger partial charge in [-0.25, -0.2) is 4.79 Å². The van der Waals surface area contributed by atoms with E-state index in [0.717, 1.165) is 30.1 Å². The van der Waals surface area contributed by atoms with E-state index < -0.39 is 5.97 Å². The van der Waals surface area contributed by atoms with Crippen molar-refractivity contribution in [3.05, 3.63) is 12.7 Å². The molecule has 0 amide bonds. The molecule has 0 unspecified atom stereocenters. The Morgan fingerprint density at radius 3 is 2.64 bits per heavy atom. The minimum atomic E-state index is -0.547. The zero-order valence-corrected chi connectivity index (χ0v) is 9.28. The molecule has 0 fully saturated rings. The highest BCUT2D eigenvalue weighted by atomic mass is 17.2. The maximum Gasteiger partial charge on any atom is 0.365 e. The average Bonchev–Trinajstić information content (AvgIpc) is 2.17. The molecule has 0 aliphatic carbocycles. The first kappa shape index (κ1) is 13.1. The first-order chi connectivity index (χ1) is 6.52. The Bertz CT molecular complexity index is 190. The van der Waals surface area contributed by atoms with Crippen LogP contribution in [0.2, 0.25) is 0 Å². The van der Waals surface area contributed by atoms with Crippen LogP contribution in [0.4, 0.5) is 0 Å². The summed E-state index contributed by atoms with van der Waals surface area (Å²) in [5.41, 5.74) is 0. The molecule has 4 heteroatoms. The molecule has 0 saturated heterocycles. The second-order valence-corrected chi connectivity index (χ2v) is 3.76. The van der Waals surface area contributed by atoms with Gasteiger partial charge in [0, 0.05) is 12.5 Å². The molecule has 0 bridgehead atoms. The van der Waals surface area contributed by atoms with Crippen LogP contribution in [0.5, 0.6) is 0 Å². The maximum atomic E-state index is 10.6. The van der Waals surface area contributed by atoms with Crippen LogP contribution in [0.15, 0.2) is 12.7 Å². The largest absolute Gasteiger partial charge is 0.365 e. The summed E-state index contributed by atoms with van der Waals surface area (Å²) in [7, 11) is 4.30. The number of rotatable bonds is 7. The van der Waals surface area contributed by atoms with Crippen molar-refractivity contribution >= 4 is 5.97 Å². The van der Waals surface area contributed by atoms with Crippen LogP contribution in [-0.4, -0.2) is 44.2 Å². The van der Waals surface area contributed by atoms with Crippen molar-refractivity contribution in [2.75, 3.05) is 33.8 Å². The van der Waals surface area contributed by atoms with E-state index in [4.69, 9.17) is 4.89 Å². The van der Waals surface area contributed by atoms with Gasteiger partial charge in [-0.1, -0.05) is 6.58 Å². The first-order valence-corrected chi connectivity index (χ1v) is 4.79. The zero-order chi connectivity index (χ0) is 11.0. The molecule has 0 aliphatic rings. The fraction of sp³-hybridized carbons (Fsp3) is 0.700. The summed E-state index contributed by atoms with van der Waals surface area (Å²) >= 11 is 0. The molecule has 0 aliphatic heterocycles. The molecule has 82 valence electrons. The van der Waals surface area contributed by atoms with E-state index in [1.165, 1.54) is 0 Å². The normalized spacial score (nSPS) is 11.1. The topological polar surface area (TPSA) is 35.5 Å². The van der Waals surface area contributed by atoms with Gasteiger partial charge in [-0.3, -0.25) is 4.89 Å². The van der Waals surface area contributed by atoms with Gasteiger partial charge < -0.3 is 4.48 Å². The molecule has 0 heterocycles. The zero-order valence-electron chi connectivity index (χ0n) is 9.28. The highest BCUT2D eigenvalue weighted by Crippen LogP contribution is 1.98. The van der Waals surface area contributed by atoms with E-state index in [2.05, 4.69) is 32.5 Å². The minimum absolute atomic E-state index is 0.432. The average molecular weight is 202 g/mol. The Kier molecular flexibility index (Phi) is 6.16. The van der Waals surface area contributed by atoms with Gasteiger partial charge in [-0.2, -0.15) is 4.89 Å². The van der Waals surface area contributed by atoms with Gasteiger partial charge >= 0.3 is 5.97 Å². The Labute approximate surface area is 85.6 Å². The van der Waals surface area contributed by atoms with Crippen LogP contribution < -0.4 is 0 Å². The van der Waals surface area contributed by atoms with Crippen LogP contribution in [0, 0.1) is 0 Å². The number of quaternary nitrogens is 1. The van der Waals surface area contributed by atoms with Crippen molar-refractivity contribution in [3.63, 3.8) is 0 Å². The number of carbonyl (C=O) groups is 1. The molecular weight excluding hydrogens is 182 g/mol. The Balaban J connectivity index is 3.38. The smallest absolute Gasteiger partial charge is 0.329 e. The number of hydrogen-bond donors (Lipinski definition) is 0. The summed E-state index contributed by atoms with van der Waals surface area (Å²) in [6, 6.07) is 0. The van der Waals surface area contributed by atoms with Gasteiger partial charge in [0.05, 0.1) is 33.8 Å². The predicted octanol–water partition coefficient (Wildman–Crippen LogP) is 1.13. The van der Waals surface area contributed by atoms with Crippen molar-refractivity contribution in [2.24, 2.45) is 0 Å². The molecule has 0 spiro atoms. The summed E-state index contributed by atoms with van der Waals surface area (Å²) < 4.78 is 0.943. The first-order valence-electron chi connectivity index (χ1n) is 4.79. The second-order valence-electron chi connectivity index (χ2n) is 3.76. The molecule has 0 N–H and O–H groups in total. The summed E-state index contributed by atoms with van der Waals surface area (Å²) in [5, 5.41) is 0. The van der Waals surface area contributed by atoms with Gasteiger partial charge in [-0.15, -0.1) is 0 Å². The summed E-state index contributed by atoms with van der Waals surface area (Å²) in [4.78, 5) is 19.6. The van der Waals surface area contributed by atoms with Crippen LogP contribution in [-0.2, 0) is 14.6 Å². The fourth-order valence-electron chi connectivity index (χ4n) is 0.843. The van der Waals surface area contributed by atoms with Crippen LogP contribution in [0.25, 0.3) is 0 Å². The SMILES string of the molecule is C=CC(=O)OOCCC[N+](C)(C)CC. The Hall–Kier alpha value is -0.870. The summed E-state index contributed by atoms with van der Waals surface area (Å²) in [6.07, 6.45) is 1.94. The number of carbonyl (C=O) groups excluding carboxylic acids is 1. The molecule has 14 heavy (non-hydrogen) atoms. The Morgan fingerprint density at radius 1 is 1.50 bits per heavy atom. The van der Waals surface area contributed by atoms with E-state index in [9.17, 15) is 4.79 Å². The number of nitrogens with zero attached hydrogens (tertiary/aromatic N) is 1. The van der Waals surface area contributed by atoms with Gasteiger partial charge in [-0.05, 0) is 6.92 Å². The van der Waals surface area contributed by atoms with Crippen molar-refractivity contribution in [2.45, 2.75) is 13.3 Å². The van der Waals surface area contributed by atoms with Crippen molar-refractivity contribution in [1.29, 1.82) is 0 Å². The van der Waals surface area contributed by atoms with E-state index >= 15 is 0 Å². The summed E-state index contributed by atoms with van der Waals surface area (Å²) in [5.74, 6) is -0.547. The predicted molar refractivity (Wildman–Crippen MR) is 54.4 cm³/mol. The van der Waals surface area contributed by atoms with Gasteiger partial charge in [0.25, 0.3) is 0 Å². The second kappa shape index (κ2) is 6.56. The quantitative estimate of drug-likeness (QED) is 0.204. The maximum absolute atomic E-state index is 10.6. The molecule has 0 saturated carbocycles. The molecule has 0 aromatic heterocycles. The van der Waals surface area contributed by atoms with Gasteiger partial charge in [0.1, 0.15) is 0 Å². The lowest BCUT2D eigenvalue weighted by Crippen LogP contribution is -2.40. The van der Waals surface area contributed by atoms with Crippen molar-refractivity contribution in [1.82, 2.24) is 0 Å². The molecule has 0 radical (unpaired) electrons. The highest BCUT2D eigenvalue weighted by molar-refractivity contribution is 5.80. The van der Waals surface area contributed by atoms with E-state index in [-0.39, 0.29) is 0 Å². The molecule has 4 nitrogen and oxygen atoms in total. The van der Waals surface area contributed by atoms with Crippen LogP contribution in [0.1, 0.15) is 13.3 Å². The lowest BCUT2D eigenvalue weighted by molar-refractivity contribution is -0.888. The lowest BCUT2D eigenvalue weighted by atomic mass is 10.3. The van der Waals surface area contributed by atoms with Crippen molar-refractivity contribution < 1.29 is 19.1 Å². The molecule has 0 aromatic carbocycles. The third-order valence-electron chi connectivity index (χ3n) is 2.15. The van der Waals surface area contributed by atoms with Crippen molar-refractivity contribution in [3.8, 4) is 0 Å². The molecule has 0 atom stereocenters. The van der Waals surface area contributed by atoms with Gasteiger partial charge in [0.15, 0.2) is 0 Å². The number of hydrogen-bond acceptors (Lipinski definition) is 3. The van der Waals surface area contributed by atoms with Gasteiger partial charge in [0.2, 0.25) is 0 Å². The summed E-state index contributed by atoms with van der Waals surface area (Å²) in [6.45, 7) is 7.90. The van der Waals surface area contributed by atoms with Crippen LogP contribution in [0.3, 0.4) is 0 Å². The Morgan fingerprint density at radius 2 is 2.14 bits per heavy atom. The van der Waals surface area contributed by atoms with Crippen LogP contribution >= 0.6 is 0 Å². The minimum Gasteiger partial charge on any atom is -0.329 e. The molecular formula is C10H20NO3+. The van der Waals surface area contributed by atoms with E-state index in [1.54, 1.807) is 0 Å². The highest BCUT2D eigenvalue weighted by Gasteiger charge is 2.10. The third kappa shape index (κ3) is 6.62. The lowest BCUT2D eigenvalue weighted by Gasteiger charge is -2.27. The molecule has 0 rings (SSSR count). The third-order valence-corrected chi connectivity index (χ3v) is 2.15.